The predicted molar refractivity (Wildman–Crippen MR) is 217 cm³/mol. The van der Waals surface area contributed by atoms with Crippen molar-refractivity contribution in [3.63, 3.8) is 0 Å². The maximum atomic E-state index is 2.37. The summed E-state index contributed by atoms with van der Waals surface area (Å²) in [4.78, 5) is 4.73. The number of nitrogens with zero attached hydrogens (tertiary/aromatic N) is 2. The summed E-state index contributed by atoms with van der Waals surface area (Å²) >= 11 is 0. The Hall–Kier alpha value is -5.86. The predicted octanol–water partition coefficient (Wildman–Crippen LogP) is 13.9. The fourth-order valence-corrected chi connectivity index (χ4v) is 6.64. The van der Waals surface area contributed by atoms with Gasteiger partial charge in [0, 0.05) is 33.8 Å². The number of hydrogen-bond donors (Lipinski definition) is 0. The lowest BCUT2D eigenvalue weighted by Gasteiger charge is -2.28. The Morgan fingerprint density at radius 1 is 0.400 bits per heavy atom. The van der Waals surface area contributed by atoms with E-state index in [2.05, 4.69) is 220 Å². The quantitative estimate of drug-likeness (QED) is 0.151. The fraction of sp³-hybridized carbons (Fsp3) is 0.125. The molecule has 2 heteroatoms. The van der Waals surface area contributed by atoms with Crippen LogP contribution in [0.5, 0.6) is 0 Å². The van der Waals surface area contributed by atoms with E-state index >= 15 is 0 Å². The van der Waals surface area contributed by atoms with Crippen molar-refractivity contribution < 1.29 is 0 Å². The normalized spacial score (nSPS) is 11.6. The van der Waals surface area contributed by atoms with Gasteiger partial charge in [-0.15, -0.1) is 0 Å². The molecule has 0 atom stereocenters. The Bertz CT molecular complexity index is 2200. The molecule has 0 amide bonds. The standard InChI is InChI=1S/C48H44N2/c1-35-13-6-10-18-45(35)50(46-19-11-7-14-36(46)2)43-31-25-38(26-32-43)22-21-37-23-29-41(30-24-37)49(42-33-27-40(28-34-42)48(3,4)5)47-20-12-16-39-15-8-9-17-44(39)47/h6-34H,1-5H3/b22-21+. The number of fused-ring (bicyclic) bond motifs is 1. The Kier molecular flexibility index (Phi) is 9.11. The molecule has 0 unspecified atom stereocenters. The van der Waals surface area contributed by atoms with Gasteiger partial charge in [0.1, 0.15) is 0 Å². The molecule has 0 N–H and O–H groups in total. The van der Waals surface area contributed by atoms with Gasteiger partial charge in [-0.3, -0.25) is 0 Å². The zero-order valence-electron chi connectivity index (χ0n) is 29.6. The number of anilines is 6. The summed E-state index contributed by atoms with van der Waals surface area (Å²) in [7, 11) is 0. The first-order valence-corrected chi connectivity index (χ1v) is 17.4. The average molecular weight is 649 g/mol. The highest BCUT2D eigenvalue weighted by Crippen LogP contribution is 2.40. The van der Waals surface area contributed by atoms with E-state index in [4.69, 9.17) is 0 Å². The summed E-state index contributed by atoms with van der Waals surface area (Å²) < 4.78 is 0. The van der Waals surface area contributed by atoms with Crippen LogP contribution in [0.1, 0.15) is 48.6 Å². The molecule has 0 bridgehead atoms. The van der Waals surface area contributed by atoms with E-state index in [1.165, 1.54) is 44.5 Å². The molecule has 7 aromatic rings. The molecule has 7 aromatic carbocycles. The van der Waals surface area contributed by atoms with Crippen LogP contribution in [0.25, 0.3) is 22.9 Å². The van der Waals surface area contributed by atoms with Crippen molar-refractivity contribution in [3.8, 4) is 0 Å². The molecule has 246 valence electrons. The Morgan fingerprint density at radius 2 is 0.820 bits per heavy atom. The van der Waals surface area contributed by atoms with E-state index in [-0.39, 0.29) is 5.41 Å². The van der Waals surface area contributed by atoms with Gasteiger partial charge in [-0.1, -0.05) is 142 Å². The molecule has 7 rings (SSSR count). The molecule has 50 heavy (non-hydrogen) atoms. The van der Waals surface area contributed by atoms with E-state index in [9.17, 15) is 0 Å². The average Bonchev–Trinajstić information content (AvgIpc) is 3.13. The van der Waals surface area contributed by atoms with Crippen LogP contribution in [0.4, 0.5) is 34.1 Å². The van der Waals surface area contributed by atoms with E-state index in [0.717, 1.165) is 28.2 Å². The van der Waals surface area contributed by atoms with Crippen LogP contribution in [-0.2, 0) is 5.41 Å². The summed E-state index contributed by atoms with van der Waals surface area (Å²) in [5, 5.41) is 2.46. The maximum absolute atomic E-state index is 2.37. The molecular formula is C48H44N2. The van der Waals surface area contributed by atoms with Gasteiger partial charge in [0.05, 0.1) is 5.69 Å². The molecule has 0 fully saturated rings. The second-order valence-corrected chi connectivity index (χ2v) is 14.1. The molecule has 0 saturated heterocycles. The van der Waals surface area contributed by atoms with Crippen LogP contribution < -0.4 is 9.80 Å². The van der Waals surface area contributed by atoms with Crippen molar-refractivity contribution in [1.82, 2.24) is 0 Å². The minimum atomic E-state index is 0.0956. The fourth-order valence-electron chi connectivity index (χ4n) is 6.64. The highest BCUT2D eigenvalue weighted by atomic mass is 15.1. The summed E-state index contributed by atoms with van der Waals surface area (Å²) in [6, 6.07) is 59.1. The van der Waals surface area contributed by atoms with Crippen molar-refractivity contribution >= 4 is 57.0 Å². The van der Waals surface area contributed by atoms with Gasteiger partial charge < -0.3 is 9.80 Å². The van der Waals surface area contributed by atoms with Gasteiger partial charge in [0.15, 0.2) is 0 Å². The molecule has 0 saturated carbocycles. The molecule has 0 aliphatic carbocycles. The first kappa shape index (κ1) is 32.7. The Labute approximate surface area is 297 Å². The van der Waals surface area contributed by atoms with Crippen molar-refractivity contribution in [3.05, 3.63) is 192 Å². The van der Waals surface area contributed by atoms with Crippen molar-refractivity contribution in [2.75, 3.05) is 9.80 Å². The zero-order valence-corrected chi connectivity index (χ0v) is 29.6. The number of rotatable bonds is 8. The van der Waals surface area contributed by atoms with Crippen LogP contribution >= 0.6 is 0 Å². The van der Waals surface area contributed by atoms with Crippen molar-refractivity contribution in [2.45, 2.75) is 40.0 Å². The second kappa shape index (κ2) is 13.9. The summed E-state index contributed by atoms with van der Waals surface area (Å²) in [5.74, 6) is 0. The van der Waals surface area contributed by atoms with Gasteiger partial charge in [-0.25, -0.2) is 0 Å². The van der Waals surface area contributed by atoms with Crippen LogP contribution in [0.3, 0.4) is 0 Å². The van der Waals surface area contributed by atoms with E-state index in [0.29, 0.717) is 0 Å². The van der Waals surface area contributed by atoms with Crippen LogP contribution in [-0.4, -0.2) is 0 Å². The molecule has 0 aromatic heterocycles. The number of benzene rings is 7. The topological polar surface area (TPSA) is 6.48 Å². The number of para-hydroxylation sites is 2. The summed E-state index contributed by atoms with van der Waals surface area (Å²) in [6.45, 7) is 11.1. The third kappa shape index (κ3) is 6.84. The molecule has 0 aliphatic rings. The van der Waals surface area contributed by atoms with Crippen molar-refractivity contribution in [2.24, 2.45) is 0 Å². The Morgan fingerprint density at radius 3 is 1.34 bits per heavy atom. The molecule has 0 spiro atoms. The smallest absolute Gasteiger partial charge is 0.0540 e. The highest BCUT2D eigenvalue weighted by Gasteiger charge is 2.18. The van der Waals surface area contributed by atoms with Crippen LogP contribution in [0, 0.1) is 13.8 Å². The minimum Gasteiger partial charge on any atom is -0.310 e. The van der Waals surface area contributed by atoms with E-state index in [1.807, 2.05) is 0 Å². The molecule has 0 heterocycles. The Balaban J connectivity index is 1.18. The lowest BCUT2D eigenvalue weighted by atomic mass is 9.87. The molecule has 0 aliphatic heterocycles. The first-order valence-electron chi connectivity index (χ1n) is 17.4. The second-order valence-electron chi connectivity index (χ2n) is 14.1. The van der Waals surface area contributed by atoms with Crippen LogP contribution in [0.15, 0.2) is 164 Å². The first-order chi connectivity index (χ1) is 24.3. The maximum Gasteiger partial charge on any atom is 0.0540 e. The lowest BCUT2D eigenvalue weighted by molar-refractivity contribution is 0.590. The summed E-state index contributed by atoms with van der Waals surface area (Å²) in [6.07, 6.45) is 4.39. The van der Waals surface area contributed by atoms with Gasteiger partial charge in [0.25, 0.3) is 0 Å². The van der Waals surface area contributed by atoms with Gasteiger partial charge in [-0.05, 0) is 107 Å². The van der Waals surface area contributed by atoms with E-state index < -0.39 is 0 Å². The number of hydrogen-bond acceptors (Lipinski definition) is 2. The van der Waals surface area contributed by atoms with Crippen molar-refractivity contribution in [1.29, 1.82) is 0 Å². The largest absolute Gasteiger partial charge is 0.310 e. The van der Waals surface area contributed by atoms with Crippen LogP contribution in [0.2, 0.25) is 0 Å². The SMILES string of the molecule is Cc1ccccc1N(c1ccc(/C=C/c2ccc(N(c3ccc(C(C)(C)C)cc3)c3cccc4ccccc34)cc2)cc1)c1ccccc1C. The van der Waals surface area contributed by atoms with E-state index in [1.54, 1.807) is 0 Å². The van der Waals surface area contributed by atoms with Gasteiger partial charge >= 0.3 is 0 Å². The monoisotopic (exact) mass is 648 g/mol. The highest BCUT2D eigenvalue weighted by molar-refractivity contribution is 5.99. The third-order valence-corrected chi connectivity index (χ3v) is 9.48. The van der Waals surface area contributed by atoms with Gasteiger partial charge in [0.2, 0.25) is 0 Å². The molecule has 2 nitrogen and oxygen atoms in total. The minimum absolute atomic E-state index is 0.0956. The van der Waals surface area contributed by atoms with Gasteiger partial charge in [-0.2, -0.15) is 0 Å². The molecule has 0 radical (unpaired) electrons. The third-order valence-electron chi connectivity index (χ3n) is 9.48. The lowest BCUT2D eigenvalue weighted by Crippen LogP contribution is -2.13. The summed E-state index contributed by atoms with van der Waals surface area (Å²) in [5.41, 5.74) is 13.2. The molecular weight excluding hydrogens is 605 g/mol. The number of aryl methyl sites for hydroxylation is 2. The zero-order chi connectivity index (χ0) is 34.7.